The molecule has 0 aliphatic carbocycles. The number of ether oxygens (including phenoxy) is 3. The van der Waals surface area contributed by atoms with Crippen molar-refractivity contribution in [3.8, 4) is 17.6 Å². The molecule has 0 bridgehead atoms. The number of hydrogen-bond donors (Lipinski definition) is 2. The third-order valence-corrected chi connectivity index (χ3v) is 4.14. The highest BCUT2D eigenvalue weighted by Crippen LogP contribution is 2.35. The van der Waals surface area contributed by atoms with Gasteiger partial charge in [-0.25, -0.2) is 9.18 Å². The summed E-state index contributed by atoms with van der Waals surface area (Å²) in [7, 11) is 0. The molecule has 0 aliphatic heterocycles. The molecular weight excluding hydrogens is 403 g/mol. The van der Waals surface area contributed by atoms with E-state index in [0.29, 0.717) is 17.9 Å². The molecule has 7 nitrogen and oxygen atoms in total. The van der Waals surface area contributed by atoms with Crippen molar-refractivity contribution in [2.45, 2.75) is 26.8 Å². The molecule has 0 aliphatic rings. The quantitative estimate of drug-likeness (QED) is 0.523. The lowest BCUT2D eigenvalue weighted by atomic mass is 10.0. The Bertz CT molecular complexity index is 909. The van der Waals surface area contributed by atoms with E-state index in [-0.39, 0.29) is 42.8 Å². The molecule has 2 rings (SSSR count). The van der Waals surface area contributed by atoms with Crippen LogP contribution in [0.1, 0.15) is 37.9 Å². The van der Waals surface area contributed by atoms with Crippen molar-refractivity contribution in [3.63, 3.8) is 0 Å². The zero-order valence-electron chi connectivity index (χ0n) is 17.9. The zero-order chi connectivity index (χ0) is 22.8. The molecule has 31 heavy (non-hydrogen) atoms. The Morgan fingerprint density at radius 1 is 1.19 bits per heavy atom. The summed E-state index contributed by atoms with van der Waals surface area (Å²) in [6, 6.07) is 9.81. The van der Waals surface area contributed by atoms with E-state index < -0.39 is 17.8 Å². The smallest absolute Gasteiger partial charge is 0.333 e. The van der Waals surface area contributed by atoms with Crippen LogP contribution in [0.5, 0.6) is 11.5 Å². The molecule has 0 radical (unpaired) electrons. The standard InChI is InChI=1S/C23H27FN2O5/c1-4-29-20-11-18(19(24)12-21(20)30-10-9-27)22(23(28)31-14-15(2)3)26-17-7-5-16(13-25)6-8-17/h5-8,11-12,15,22,26-27H,4,9-10,14H2,1-3H3. The first kappa shape index (κ1) is 24.0. The molecule has 0 saturated carbocycles. The Labute approximate surface area is 181 Å². The fourth-order valence-corrected chi connectivity index (χ4v) is 2.71. The number of esters is 1. The van der Waals surface area contributed by atoms with Crippen molar-refractivity contribution in [1.82, 2.24) is 0 Å². The fourth-order valence-electron chi connectivity index (χ4n) is 2.71. The summed E-state index contributed by atoms with van der Waals surface area (Å²) in [5.74, 6) is -0.856. The number of benzene rings is 2. The number of anilines is 1. The van der Waals surface area contributed by atoms with Gasteiger partial charge in [-0.2, -0.15) is 5.26 Å². The average Bonchev–Trinajstić information content (AvgIpc) is 2.76. The summed E-state index contributed by atoms with van der Waals surface area (Å²) in [6.07, 6.45) is 0. The van der Waals surface area contributed by atoms with Crippen LogP contribution < -0.4 is 14.8 Å². The first-order valence-corrected chi connectivity index (χ1v) is 10.0. The summed E-state index contributed by atoms with van der Waals surface area (Å²) in [4.78, 5) is 12.8. The minimum Gasteiger partial charge on any atom is -0.490 e. The van der Waals surface area contributed by atoms with E-state index in [4.69, 9.17) is 24.6 Å². The Morgan fingerprint density at radius 2 is 1.87 bits per heavy atom. The molecule has 0 aromatic heterocycles. The van der Waals surface area contributed by atoms with Gasteiger partial charge in [0.1, 0.15) is 12.4 Å². The van der Waals surface area contributed by atoms with Crippen LogP contribution in [-0.2, 0) is 9.53 Å². The van der Waals surface area contributed by atoms with E-state index in [0.717, 1.165) is 6.07 Å². The number of aliphatic hydroxyl groups is 1. The number of rotatable bonds is 11. The predicted molar refractivity (Wildman–Crippen MR) is 113 cm³/mol. The van der Waals surface area contributed by atoms with Gasteiger partial charge in [-0.3, -0.25) is 0 Å². The van der Waals surface area contributed by atoms with Crippen LogP contribution in [0.3, 0.4) is 0 Å². The minimum atomic E-state index is -1.15. The third-order valence-electron chi connectivity index (χ3n) is 4.14. The van der Waals surface area contributed by atoms with Gasteiger partial charge in [0, 0.05) is 17.3 Å². The fraction of sp³-hybridized carbons (Fsp3) is 0.391. The Morgan fingerprint density at radius 3 is 2.45 bits per heavy atom. The second-order valence-corrected chi connectivity index (χ2v) is 7.12. The maximum atomic E-state index is 15.0. The van der Waals surface area contributed by atoms with Crippen LogP contribution >= 0.6 is 0 Å². The van der Waals surface area contributed by atoms with E-state index in [1.165, 1.54) is 6.07 Å². The third kappa shape index (κ3) is 6.86. The van der Waals surface area contributed by atoms with Gasteiger partial charge in [-0.15, -0.1) is 0 Å². The Kier molecular flexibility index (Phi) is 9.10. The second kappa shape index (κ2) is 11.8. The number of nitrogens with zero attached hydrogens (tertiary/aromatic N) is 1. The van der Waals surface area contributed by atoms with Crippen LogP contribution in [-0.4, -0.2) is 37.5 Å². The zero-order valence-corrected chi connectivity index (χ0v) is 17.9. The van der Waals surface area contributed by atoms with E-state index >= 15 is 4.39 Å². The Balaban J connectivity index is 2.44. The highest BCUT2D eigenvalue weighted by molar-refractivity contribution is 5.81. The van der Waals surface area contributed by atoms with E-state index in [1.54, 1.807) is 31.2 Å². The SMILES string of the molecule is CCOc1cc(C(Nc2ccc(C#N)cc2)C(=O)OCC(C)C)c(F)cc1OCCO. The van der Waals surface area contributed by atoms with E-state index in [1.807, 2.05) is 19.9 Å². The first-order chi connectivity index (χ1) is 14.9. The predicted octanol–water partition coefficient (Wildman–Crippen LogP) is 3.82. The summed E-state index contributed by atoms with van der Waals surface area (Å²) >= 11 is 0. The maximum absolute atomic E-state index is 15.0. The number of halogens is 1. The van der Waals surface area contributed by atoms with Crippen LogP contribution in [0.2, 0.25) is 0 Å². The highest BCUT2D eigenvalue weighted by atomic mass is 19.1. The molecule has 1 atom stereocenters. The van der Waals surface area contributed by atoms with Crippen LogP contribution in [0.25, 0.3) is 0 Å². The lowest BCUT2D eigenvalue weighted by Gasteiger charge is -2.22. The molecule has 0 heterocycles. The molecule has 8 heteroatoms. The number of carbonyl (C=O) groups excluding carboxylic acids is 1. The number of hydrogen-bond acceptors (Lipinski definition) is 7. The summed E-state index contributed by atoms with van der Waals surface area (Å²) in [6.45, 7) is 5.78. The van der Waals surface area contributed by atoms with Crippen molar-refractivity contribution >= 4 is 11.7 Å². The van der Waals surface area contributed by atoms with E-state index in [9.17, 15) is 4.79 Å². The lowest BCUT2D eigenvalue weighted by molar-refractivity contribution is -0.145. The highest BCUT2D eigenvalue weighted by Gasteiger charge is 2.28. The van der Waals surface area contributed by atoms with Gasteiger partial charge >= 0.3 is 5.97 Å². The average molecular weight is 430 g/mol. The van der Waals surface area contributed by atoms with Gasteiger partial charge in [0.15, 0.2) is 17.5 Å². The Hall–Kier alpha value is -3.31. The molecule has 0 saturated heterocycles. The number of nitrogens with one attached hydrogen (secondary N) is 1. The number of aliphatic hydroxyl groups excluding tert-OH is 1. The van der Waals surface area contributed by atoms with Crippen molar-refractivity contribution in [3.05, 3.63) is 53.3 Å². The lowest BCUT2D eigenvalue weighted by Crippen LogP contribution is -2.26. The van der Waals surface area contributed by atoms with Crippen molar-refractivity contribution in [2.75, 3.05) is 31.7 Å². The normalized spacial score (nSPS) is 11.5. The first-order valence-electron chi connectivity index (χ1n) is 10.0. The monoisotopic (exact) mass is 430 g/mol. The molecule has 2 N–H and O–H groups in total. The summed E-state index contributed by atoms with van der Waals surface area (Å²) < 4.78 is 31.3. The molecule has 0 amide bonds. The van der Waals surface area contributed by atoms with Crippen LogP contribution in [0.15, 0.2) is 36.4 Å². The van der Waals surface area contributed by atoms with Gasteiger partial charge < -0.3 is 24.6 Å². The summed E-state index contributed by atoms with van der Waals surface area (Å²) in [5.41, 5.74) is 1.00. The van der Waals surface area contributed by atoms with Crippen molar-refractivity contribution in [2.24, 2.45) is 5.92 Å². The van der Waals surface area contributed by atoms with Gasteiger partial charge in [-0.1, -0.05) is 13.8 Å². The summed E-state index contributed by atoms with van der Waals surface area (Å²) in [5, 5.41) is 20.9. The maximum Gasteiger partial charge on any atom is 0.333 e. The molecule has 0 spiro atoms. The molecule has 2 aromatic rings. The van der Waals surface area contributed by atoms with Gasteiger partial charge in [0.25, 0.3) is 0 Å². The number of nitriles is 1. The largest absolute Gasteiger partial charge is 0.490 e. The molecule has 2 aromatic carbocycles. The van der Waals surface area contributed by atoms with Crippen LogP contribution in [0.4, 0.5) is 10.1 Å². The molecule has 1 unspecified atom stereocenters. The minimum absolute atomic E-state index is 0.0256. The van der Waals surface area contributed by atoms with Crippen molar-refractivity contribution in [1.29, 1.82) is 5.26 Å². The van der Waals surface area contributed by atoms with Crippen molar-refractivity contribution < 1.29 is 28.5 Å². The topological polar surface area (TPSA) is 101 Å². The molecule has 0 fully saturated rings. The second-order valence-electron chi connectivity index (χ2n) is 7.12. The number of carbonyl (C=O) groups is 1. The van der Waals surface area contributed by atoms with Gasteiger partial charge in [-0.05, 0) is 43.2 Å². The van der Waals surface area contributed by atoms with Crippen LogP contribution in [0, 0.1) is 23.1 Å². The molecule has 166 valence electrons. The molecular formula is C23H27FN2O5. The van der Waals surface area contributed by atoms with E-state index in [2.05, 4.69) is 5.32 Å². The van der Waals surface area contributed by atoms with Gasteiger partial charge in [0.2, 0.25) is 0 Å². The van der Waals surface area contributed by atoms with Gasteiger partial charge in [0.05, 0.1) is 31.5 Å².